The summed E-state index contributed by atoms with van der Waals surface area (Å²) in [7, 11) is 1.92. The van der Waals surface area contributed by atoms with Crippen molar-refractivity contribution in [3.05, 3.63) is 47.8 Å². The van der Waals surface area contributed by atoms with E-state index in [9.17, 15) is 5.11 Å². The molecule has 0 bridgehead atoms. The van der Waals surface area contributed by atoms with Crippen LogP contribution < -0.4 is 10.1 Å². The Kier molecular flexibility index (Phi) is 5.15. The largest absolute Gasteiger partial charge is 0.491 e. The summed E-state index contributed by atoms with van der Waals surface area (Å²) >= 11 is 0. The highest BCUT2D eigenvalue weighted by Gasteiger charge is 2.07. The second-order valence-electron chi connectivity index (χ2n) is 4.79. The van der Waals surface area contributed by atoms with E-state index in [1.807, 2.05) is 55.2 Å². The number of aliphatic hydroxyl groups is 1. The molecule has 1 aromatic carbocycles. The number of para-hydroxylation sites is 1. The zero-order chi connectivity index (χ0) is 14.4. The number of benzene rings is 1. The van der Waals surface area contributed by atoms with Crippen molar-refractivity contribution in [3.8, 4) is 5.75 Å². The van der Waals surface area contributed by atoms with E-state index in [4.69, 9.17) is 4.74 Å². The molecule has 0 radical (unpaired) electrons. The van der Waals surface area contributed by atoms with Crippen LogP contribution in [0.3, 0.4) is 0 Å². The minimum atomic E-state index is -0.535. The van der Waals surface area contributed by atoms with Crippen molar-refractivity contribution in [2.24, 2.45) is 7.05 Å². The molecule has 0 saturated carbocycles. The van der Waals surface area contributed by atoms with Gasteiger partial charge in [-0.1, -0.05) is 18.2 Å². The summed E-state index contributed by atoms with van der Waals surface area (Å²) in [6, 6.07) is 9.50. The van der Waals surface area contributed by atoms with Crippen LogP contribution in [0.25, 0.3) is 0 Å². The summed E-state index contributed by atoms with van der Waals surface area (Å²) in [5.74, 6) is 0.773. The topological polar surface area (TPSA) is 59.3 Å². The van der Waals surface area contributed by atoms with Gasteiger partial charge in [0.2, 0.25) is 0 Å². The quantitative estimate of drug-likeness (QED) is 0.798. The molecule has 0 aliphatic heterocycles. The summed E-state index contributed by atoms with van der Waals surface area (Å²) in [4.78, 5) is 0. The van der Waals surface area contributed by atoms with Crippen molar-refractivity contribution in [1.82, 2.24) is 15.1 Å². The molecule has 0 aliphatic rings. The molecule has 0 saturated heterocycles. The third-order valence-corrected chi connectivity index (χ3v) is 3.22. The maximum Gasteiger partial charge on any atom is 0.119 e. The Morgan fingerprint density at radius 3 is 2.75 bits per heavy atom. The first-order valence-electron chi connectivity index (χ1n) is 6.71. The number of ether oxygens (including phenoxy) is 1. The van der Waals surface area contributed by atoms with Gasteiger partial charge < -0.3 is 15.2 Å². The molecular formula is C15H21N3O2. The number of aryl methyl sites for hydroxylation is 1. The number of nitrogens with zero attached hydrogens (tertiary/aromatic N) is 2. The maximum absolute atomic E-state index is 9.85. The van der Waals surface area contributed by atoms with Crippen LogP contribution >= 0.6 is 0 Å². The lowest BCUT2D eigenvalue weighted by molar-refractivity contribution is 0.106. The van der Waals surface area contributed by atoms with E-state index in [1.54, 1.807) is 0 Å². The van der Waals surface area contributed by atoms with Gasteiger partial charge in [-0.05, 0) is 19.1 Å². The Labute approximate surface area is 119 Å². The number of aromatic nitrogens is 2. The minimum Gasteiger partial charge on any atom is -0.491 e. The van der Waals surface area contributed by atoms with Gasteiger partial charge in [0.05, 0.1) is 6.20 Å². The van der Waals surface area contributed by atoms with Crippen molar-refractivity contribution in [3.63, 3.8) is 0 Å². The highest BCUT2D eigenvalue weighted by Crippen LogP contribution is 2.08. The third kappa shape index (κ3) is 4.08. The molecule has 5 heteroatoms. The van der Waals surface area contributed by atoms with Crippen LogP contribution in [-0.4, -0.2) is 34.1 Å². The second-order valence-corrected chi connectivity index (χ2v) is 4.79. The SMILES string of the molecule is Cc1c(CNCC(O)COc2ccccc2)cnn1C. The van der Waals surface area contributed by atoms with Crippen LogP contribution in [-0.2, 0) is 13.6 Å². The predicted octanol–water partition coefficient (Wildman–Crippen LogP) is 1.26. The smallest absolute Gasteiger partial charge is 0.119 e. The number of rotatable bonds is 7. The maximum atomic E-state index is 9.85. The molecule has 1 heterocycles. The minimum absolute atomic E-state index is 0.281. The van der Waals surface area contributed by atoms with E-state index in [0.29, 0.717) is 13.1 Å². The lowest BCUT2D eigenvalue weighted by Gasteiger charge is -2.13. The van der Waals surface area contributed by atoms with Gasteiger partial charge in [0, 0.05) is 31.4 Å². The fraction of sp³-hybridized carbons (Fsp3) is 0.400. The molecule has 5 nitrogen and oxygen atoms in total. The molecule has 2 aromatic rings. The van der Waals surface area contributed by atoms with Gasteiger partial charge in [-0.2, -0.15) is 5.10 Å². The predicted molar refractivity (Wildman–Crippen MR) is 77.6 cm³/mol. The second kappa shape index (κ2) is 7.07. The Morgan fingerprint density at radius 2 is 2.10 bits per heavy atom. The highest BCUT2D eigenvalue weighted by atomic mass is 16.5. The zero-order valence-electron chi connectivity index (χ0n) is 11.9. The Morgan fingerprint density at radius 1 is 1.35 bits per heavy atom. The van der Waals surface area contributed by atoms with E-state index in [0.717, 1.165) is 17.0 Å². The molecule has 0 spiro atoms. The molecule has 2 rings (SSSR count). The number of hydrogen-bond acceptors (Lipinski definition) is 4. The molecule has 2 N–H and O–H groups in total. The van der Waals surface area contributed by atoms with Gasteiger partial charge in [-0.15, -0.1) is 0 Å². The highest BCUT2D eigenvalue weighted by molar-refractivity contribution is 5.20. The Balaban J connectivity index is 1.68. The van der Waals surface area contributed by atoms with Gasteiger partial charge >= 0.3 is 0 Å². The summed E-state index contributed by atoms with van der Waals surface area (Å²) in [5, 5.41) is 17.2. The number of hydrogen-bond donors (Lipinski definition) is 2. The molecule has 0 aliphatic carbocycles. The van der Waals surface area contributed by atoms with Gasteiger partial charge in [-0.25, -0.2) is 0 Å². The van der Waals surface area contributed by atoms with Crippen LogP contribution in [0.2, 0.25) is 0 Å². The molecule has 1 aromatic heterocycles. The first kappa shape index (κ1) is 14.6. The normalized spacial score (nSPS) is 12.3. The van der Waals surface area contributed by atoms with E-state index >= 15 is 0 Å². The fourth-order valence-corrected chi connectivity index (χ4v) is 1.86. The molecule has 0 amide bonds. The average molecular weight is 275 g/mol. The van der Waals surface area contributed by atoms with Crippen LogP contribution in [0.4, 0.5) is 0 Å². The number of nitrogens with one attached hydrogen (secondary N) is 1. The summed E-state index contributed by atoms with van der Waals surface area (Å²) in [6.07, 6.45) is 1.31. The molecule has 108 valence electrons. The van der Waals surface area contributed by atoms with Gasteiger partial charge in [0.1, 0.15) is 18.5 Å². The lowest BCUT2D eigenvalue weighted by Crippen LogP contribution is -2.31. The van der Waals surface area contributed by atoms with Gasteiger partial charge in [0.15, 0.2) is 0 Å². The van der Waals surface area contributed by atoms with Crippen molar-refractivity contribution >= 4 is 0 Å². The molecule has 1 atom stereocenters. The number of aliphatic hydroxyl groups excluding tert-OH is 1. The molecule has 0 fully saturated rings. The third-order valence-electron chi connectivity index (χ3n) is 3.22. The lowest BCUT2D eigenvalue weighted by atomic mass is 10.2. The fourth-order valence-electron chi connectivity index (χ4n) is 1.86. The summed E-state index contributed by atoms with van der Waals surface area (Å²) < 4.78 is 7.33. The molecule has 20 heavy (non-hydrogen) atoms. The van der Waals surface area contributed by atoms with Crippen LogP contribution in [0.1, 0.15) is 11.3 Å². The zero-order valence-corrected chi connectivity index (χ0v) is 11.9. The summed E-state index contributed by atoms with van der Waals surface area (Å²) in [6.45, 7) is 3.49. The van der Waals surface area contributed by atoms with Crippen molar-refractivity contribution < 1.29 is 9.84 Å². The van der Waals surface area contributed by atoms with Crippen molar-refractivity contribution in [2.75, 3.05) is 13.2 Å². The van der Waals surface area contributed by atoms with E-state index < -0.39 is 6.10 Å². The van der Waals surface area contributed by atoms with Crippen LogP contribution in [0, 0.1) is 6.92 Å². The Hall–Kier alpha value is -1.85. The van der Waals surface area contributed by atoms with Crippen LogP contribution in [0.15, 0.2) is 36.5 Å². The van der Waals surface area contributed by atoms with Crippen molar-refractivity contribution in [1.29, 1.82) is 0 Å². The molecular weight excluding hydrogens is 254 g/mol. The Bertz CT molecular complexity index is 525. The average Bonchev–Trinajstić information content (AvgIpc) is 2.78. The summed E-state index contributed by atoms with van der Waals surface area (Å²) in [5.41, 5.74) is 2.27. The van der Waals surface area contributed by atoms with Crippen molar-refractivity contribution in [2.45, 2.75) is 19.6 Å². The van der Waals surface area contributed by atoms with E-state index in [1.165, 1.54) is 0 Å². The monoisotopic (exact) mass is 275 g/mol. The van der Waals surface area contributed by atoms with Gasteiger partial charge in [0.25, 0.3) is 0 Å². The first-order chi connectivity index (χ1) is 9.66. The first-order valence-corrected chi connectivity index (χ1v) is 6.71. The van der Waals surface area contributed by atoms with E-state index in [-0.39, 0.29) is 6.61 Å². The molecule has 1 unspecified atom stereocenters. The van der Waals surface area contributed by atoms with Gasteiger partial charge in [-0.3, -0.25) is 4.68 Å². The standard InChI is InChI=1S/C15H21N3O2/c1-12-13(9-17-18(12)2)8-16-10-14(19)11-20-15-6-4-3-5-7-15/h3-7,9,14,16,19H,8,10-11H2,1-2H3. The van der Waals surface area contributed by atoms with E-state index in [2.05, 4.69) is 10.4 Å². The van der Waals surface area contributed by atoms with Crippen LogP contribution in [0.5, 0.6) is 5.75 Å².